The smallest absolute Gasteiger partial charge is 0.148 e. The van der Waals surface area contributed by atoms with Crippen molar-refractivity contribution in [2.24, 2.45) is 0 Å². The average molecular weight is 230 g/mol. The maximum absolute atomic E-state index is 9.23. The molecule has 0 aliphatic carbocycles. The fourth-order valence-electron chi connectivity index (χ4n) is 2.15. The zero-order valence-electron chi connectivity index (χ0n) is 9.67. The molecule has 0 N–H and O–H groups in total. The summed E-state index contributed by atoms with van der Waals surface area (Å²) in [6, 6.07) is 20.1. The molecule has 2 nitrogen and oxygen atoms in total. The van der Waals surface area contributed by atoms with Gasteiger partial charge in [-0.3, -0.25) is 0 Å². The lowest BCUT2D eigenvalue weighted by atomic mass is 9.98. The van der Waals surface area contributed by atoms with Crippen molar-refractivity contribution < 1.29 is 0 Å². The molecule has 0 aliphatic rings. The van der Waals surface area contributed by atoms with Crippen LogP contribution in [-0.2, 0) is 0 Å². The highest BCUT2D eigenvalue weighted by molar-refractivity contribution is 5.98. The third-order valence-corrected chi connectivity index (χ3v) is 2.97. The standard InChI is InChI=1S/C16H10N2/c17-10-15-16(12-6-2-1-3-7-12)14-9-5-4-8-13(14)11-18-15/h1-9,11H. The van der Waals surface area contributed by atoms with Crippen LogP contribution in [0.1, 0.15) is 5.69 Å². The van der Waals surface area contributed by atoms with Crippen molar-refractivity contribution >= 4 is 10.8 Å². The normalized spacial score (nSPS) is 10.2. The van der Waals surface area contributed by atoms with E-state index in [0.717, 1.165) is 21.9 Å². The Kier molecular flexibility index (Phi) is 2.51. The molecule has 0 saturated carbocycles. The Labute approximate surface area is 105 Å². The lowest BCUT2D eigenvalue weighted by Gasteiger charge is -2.08. The summed E-state index contributed by atoms with van der Waals surface area (Å²) in [4.78, 5) is 4.24. The molecule has 2 heteroatoms. The fraction of sp³-hybridized carbons (Fsp3) is 0. The van der Waals surface area contributed by atoms with E-state index in [2.05, 4.69) is 11.1 Å². The minimum Gasteiger partial charge on any atom is -0.244 e. The van der Waals surface area contributed by atoms with Gasteiger partial charge in [0, 0.05) is 17.1 Å². The van der Waals surface area contributed by atoms with Gasteiger partial charge in [-0.1, -0.05) is 54.6 Å². The molecule has 0 aliphatic heterocycles. The van der Waals surface area contributed by atoms with Crippen molar-refractivity contribution in [1.29, 1.82) is 5.26 Å². The zero-order valence-corrected chi connectivity index (χ0v) is 9.67. The summed E-state index contributed by atoms with van der Waals surface area (Å²) >= 11 is 0. The first-order chi connectivity index (χ1) is 8.90. The summed E-state index contributed by atoms with van der Waals surface area (Å²) in [6.07, 6.45) is 1.75. The summed E-state index contributed by atoms with van der Waals surface area (Å²) in [5.41, 5.74) is 2.41. The molecule has 1 heterocycles. The first kappa shape index (κ1) is 10.5. The summed E-state index contributed by atoms with van der Waals surface area (Å²) in [7, 11) is 0. The molecule has 3 aromatic rings. The summed E-state index contributed by atoms with van der Waals surface area (Å²) in [5.74, 6) is 0. The molecular weight excluding hydrogens is 220 g/mol. The highest BCUT2D eigenvalue weighted by atomic mass is 14.7. The van der Waals surface area contributed by atoms with Crippen LogP contribution in [-0.4, -0.2) is 4.98 Å². The van der Waals surface area contributed by atoms with Crippen LogP contribution in [0.25, 0.3) is 21.9 Å². The van der Waals surface area contributed by atoms with Crippen molar-refractivity contribution in [3.63, 3.8) is 0 Å². The number of rotatable bonds is 1. The molecule has 2 aromatic carbocycles. The van der Waals surface area contributed by atoms with Crippen LogP contribution in [0.3, 0.4) is 0 Å². The topological polar surface area (TPSA) is 36.7 Å². The van der Waals surface area contributed by atoms with Gasteiger partial charge in [0.05, 0.1) is 0 Å². The number of hydrogen-bond donors (Lipinski definition) is 0. The van der Waals surface area contributed by atoms with Gasteiger partial charge in [0.25, 0.3) is 0 Å². The van der Waals surface area contributed by atoms with E-state index in [1.165, 1.54) is 0 Å². The quantitative estimate of drug-likeness (QED) is 0.638. The maximum atomic E-state index is 9.23. The highest BCUT2D eigenvalue weighted by Gasteiger charge is 2.10. The number of hydrogen-bond acceptors (Lipinski definition) is 2. The maximum Gasteiger partial charge on any atom is 0.148 e. The number of fused-ring (bicyclic) bond motifs is 1. The SMILES string of the molecule is N#Cc1ncc2ccccc2c1-c1ccccc1. The Balaban J connectivity index is 2.42. The van der Waals surface area contributed by atoms with Gasteiger partial charge in [0.15, 0.2) is 0 Å². The minimum absolute atomic E-state index is 0.472. The Bertz CT molecular complexity index is 740. The third kappa shape index (κ3) is 1.63. The third-order valence-electron chi connectivity index (χ3n) is 2.97. The van der Waals surface area contributed by atoms with Gasteiger partial charge < -0.3 is 0 Å². The van der Waals surface area contributed by atoms with Crippen LogP contribution in [0.4, 0.5) is 0 Å². The van der Waals surface area contributed by atoms with Crippen LogP contribution >= 0.6 is 0 Å². The van der Waals surface area contributed by atoms with Gasteiger partial charge in [-0.15, -0.1) is 0 Å². The van der Waals surface area contributed by atoms with Gasteiger partial charge in [0.2, 0.25) is 0 Å². The molecule has 0 radical (unpaired) electrons. The second-order valence-electron chi connectivity index (χ2n) is 4.05. The molecular formula is C16H10N2. The minimum atomic E-state index is 0.472. The van der Waals surface area contributed by atoms with Gasteiger partial charge in [-0.25, -0.2) is 4.98 Å². The second-order valence-corrected chi connectivity index (χ2v) is 4.05. The first-order valence-corrected chi connectivity index (χ1v) is 5.73. The van der Waals surface area contributed by atoms with Crippen molar-refractivity contribution in [1.82, 2.24) is 4.98 Å². The van der Waals surface area contributed by atoms with E-state index in [4.69, 9.17) is 0 Å². The molecule has 0 fully saturated rings. The van der Waals surface area contributed by atoms with E-state index in [1.807, 2.05) is 54.6 Å². The largest absolute Gasteiger partial charge is 0.244 e. The molecule has 0 bridgehead atoms. The van der Waals surface area contributed by atoms with Crippen LogP contribution in [0.15, 0.2) is 60.8 Å². The van der Waals surface area contributed by atoms with Crippen molar-refractivity contribution in [2.75, 3.05) is 0 Å². The van der Waals surface area contributed by atoms with E-state index < -0.39 is 0 Å². The molecule has 0 atom stereocenters. The first-order valence-electron chi connectivity index (χ1n) is 5.73. The number of benzene rings is 2. The van der Waals surface area contributed by atoms with Crippen LogP contribution in [0, 0.1) is 11.3 Å². The summed E-state index contributed by atoms with van der Waals surface area (Å²) in [5, 5.41) is 11.3. The molecule has 84 valence electrons. The molecule has 0 spiro atoms. The summed E-state index contributed by atoms with van der Waals surface area (Å²) < 4.78 is 0. The second kappa shape index (κ2) is 4.31. The molecule has 1 aromatic heterocycles. The van der Waals surface area contributed by atoms with E-state index in [9.17, 15) is 5.26 Å². The molecule has 3 rings (SSSR count). The molecule has 0 unspecified atom stereocenters. The van der Waals surface area contributed by atoms with Crippen molar-refractivity contribution in [2.45, 2.75) is 0 Å². The fourth-order valence-corrected chi connectivity index (χ4v) is 2.15. The molecule has 0 amide bonds. The number of aromatic nitrogens is 1. The summed E-state index contributed by atoms with van der Waals surface area (Å²) in [6.45, 7) is 0. The van der Waals surface area contributed by atoms with Crippen LogP contribution in [0.5, 0.6) is 0 Å². The van der Waals surface area contributed by atoms with Crippen LogP contribution in [0.2, 0.25) is 0 Å². The lowest BCUT2D eigenvalue weighted by molar-refractivity contribution is 1.29. The van der Waals surface area contributed by atoms with Crippen LogP contribution < -0.4 is 0 Å². The van der Waals surface area contributed by atoms with E-state index in [-0.39, 0.29) is 0 Å². The average Bonchev–Trinajstić information content (AvgIpc) is 2.47. The van der Waals surface area contributed by atoms with Crippen molar-refractivity contribution in [3.8, 4) is 17.2 Å². The predicted molar refractivity (Wildman–Crippen MR) is 71.9 cm³/mol. The van der Waals surface area contributed by atoms with Gasteiger partial charge in [-0.2, -0.15) is 5.26 Å². The van der Waals surface area contributed by atoms with Gasteiger partial charge in [-0.05, 0) is 10.9 Å². The lowest BCUT2D eigenvalue weighted by Crippen LogP contribution is -1.90. The Morgan fingerprint density at radius 3 is 2.39 bits per heavy atom. The monoisotopic (exact) mass is 230 g/mol. The van der Waals surface area contributed by atoms with E-state index >= 15 is 0 Å². The molecule has 0 saturated heterocycles. The Morgan fingerprint density at radius 1 is 0.889 bits per heavy atom. The number of nitrogens with zero attached hydrogens (tertiary/aromatic N) is 2. The highest BCUT2D eigenvalue weighted by Crippen LogP contribution is 2.30. The van der Waals surface area contributed by atoms with Crippen molar-refractivity contribution in [3.05, 3.63) is 66.5 Å². The molecule has 18 heavy (non-hydrogen) atoms. The van der Waals surface area contributed by atoms with E-state index in [0.29, 0.717) is 5.69 Å². The Hall–Kier alpha value is -2.66. The predicted octanol–water partition coefficient (Wildman–Crippen LogP) is 3.77. The number of pyridine rings is 1. The van der Waals surface area contributed by atoms with Gasteiger partial charge >= 0.3 is 0 Å². The van der Waals surface area contributed by atoms with Gasteiger partial charge in [0.1, 0.15) is 11.8 Å². The Morgan fingerprint density at radius 2 is 1.61 bits per heavy atom. The zero-order chi connectivity index (χ0) is 12.4. The van der Waals surface area contributed by atoms with E-state index in [1.54, 1.807) is 6.20 Å². The number of nitriles is 1.